The highest BCUT2D eigenvalue weighted by Crippen LogP contribution is 2.32. The molecular weight excluding hydrogens is 195 g/mol. The zero-order valence-electron chi connectivity index (χ0n) is 8.84. The summed E-state index contributed by atoms with van der Waals surface area (Å²) in [6, 6.07) is 4.80. The topological polar surface area (TPSA) is 26.3 Å². The van der Waals surface area contributed by atoms with Crippen molar-refractivity contribution in [3.63, 3.8) is 0 Å². The van der Waals surface area contributed by atoms with Gasteiger partial charge in [0.15, 0.2) is 5.78 Å². The van der Waals surface area contributed by atoms with E-state index >= 15 is 0 Å². The fourth-order valence-electron chi connectivity index (χ4n) is 1.75. The maximum atomic E-state index is 13.5. The number of Topliss-reactive ketones (excluding diaryl/α,β-unsaturated/α-hetero) is 1. The van der Waals surface area contributed by atoms with Crippen molar-refractivity contribution in [3.05, 3.63) is 35.1 Å². The van der Waals surface area contributed by atoms with Gasteiger partial charge in [-0.15, -0.1) is 0 Å². The van der Waals surface area contributed by atoms with E-state index < -0.39 is 5.82 Å². The molecule has 2 nitrogen and oxygen atoms in total. The van der Waals surface area contributed by atoms with Crippen molar-refractivity contribution in [3.8, 4) is 0 Å². The third kappa shape index (κ3) is 1.67. The molecule has 15 heavy (non-hydrogen) atoms. The number of rotatable bonds is 2. The average Bonchev–Trinajstić information content (AvgIpc) is 2.13. The van der Waals surface area contributed by atoms with Gasteiger partial charge in [-0.3, -0.25) is 4.79 Å². The Morgan fingerprint density at radius 1 is 1.47 bits per heavy atom. The molecule has 1 aromatic rings. The molecule has 1 fully saturated rings. The van der Waals surface area contributed by atoms with Crippen molar-refractivity contribution >= 4 is 5.78 Å². The third-order valence-electron chi connectivity index (χ3n) is 2.89. The van der Waals surface area contributed by atoms with E-state index in [0.29, 0.717) is 13.2 Å². The van der Waals surface area contributed by atoms with Crippen molar-refractivity contribution in [2.24, 2.45) is 0 Å². The second kappa shape index (κ2) is 3.42. The number of hydrogen-bond acceptors (Lipinski definition) is 2. The molecule has 2 rings (SSSR count). The summed E-state index contributed by atoms with van der Waals surface area (Å²) in [7, 11) is 0. The van der Waals surface area contributed by atoms with Gasteiger partial charge in [0.25, 0.3) is 0 Å². The fourth-order valence-corrected chi connectivity index (χ4v) is 1.75. The van der Waals surface area contributed by atoms with Gasteiger partial charge in [0.05, 0.1) is 18.8 Å². The summed E-state index contributed by atoms with van der Waals surface area (Å²) in [5.41, 5.74) is 0.967. The minimum Gasteiger partial charge on any atom is -0.379 e. The van der Waals surface area contributed by atoms with E-state index in [1.807, 2.05) is 13.0 Å². The Morgan fingerprint density at radius 3 is 2.53 bits per heavy atom. The Bertz CT molecular complexity index is 408. The number of benzene rings is 1. The van der Waals surface area contributed by atoms with Crippen LogP contribution in [0, 0.1) is 5.82 Å². The number of ketones is 1. The van der Waals surface area contributed by atoms with Crippen molar-refractivity contribution in [2.75, 3.05) is 13.2 Å². The van der Waals surface area contributed by atoms with Gasteiger partial charge in [-0.05, 0) is 24.6 Å². The molecular formula is C12H13FO2. The van der Waals surface area contributed by atoms with Crippen molar-refractivity contribution in [1.29, 1.82) is 0 Å². The summed E-state index contributed by atoms with van der Waals surface area (Å²) in [6.07, 6.45) is 0. The van der Waals surface area contributed by atoms with Gasteiger partial charge in [-0.25, -0.2) is 4.39 Å². The van der Waals surface area contributed by atoms with E-state index in [-0.39, 0.29) is 16.8 Å². The zero-order chi connectivity index (χ0) is 11.1. The molecule has 0 radical (unpaired) electrons. The van der Waals surface area contributed by atoms with E-state index in [9.17, 15) is 9.18 Å². The van der Waals surface area contributed by atoms with E-state index in [2.05, 4.69) is 0 Å². The van der Waals surface area contributed by atoms with Crippen molar-refractivity contribution < 1.29 is 13.9 Å². The minimum atomic E-state index is -0.437. The van der Waals surface area contributed by atoms with E-state index in [0.717, 1.165) is 5.56 Å². The zero-order valence-corrected chi connectivity index (χ0v) is 8.84. The number of carbonyl (C=O) groups excluding carboxylic acids is 1. The van der Waals surface area contributed by atoms with Crippen LogP contribution in [0.5, 0.6) is 0 Å². The Labute approximate surface area is 88.1 Å². The molecule has 80 valence electrons. The first-order valence-electron chi connectivity index (χ1n) is 4.92. The molecule has 0 aliphatic carbocycles. The second-order valence-electron chi connectivity index (χ2n) is 4.30. The lowest BCUT2D eigenvalue weighted by molar-refractivity contribution is -0.0501. The second-order valence-corrected chi connectivity index (χ2v) is 4.30. The fraction of sp³-hybridized carbons (Fsp3) is 0.417. The molecule has 0 atom stereocenters. The molecule has 1 aliphatic rings. The van der Waals surface area contributed by atoms with Crippen LogP contribution >= 0.6 is 0 Å². The Hall–Kier alpha value is -1.22. The highest BCUT2D eigenvalue weighted by molar-refractivity contribution is 5.94. The van der Waals surface area contributed by atoms with Crippen LogP contribution in [0.4, 0.5) is 4.39 Å². The predicted octanol–water partition coefficient (Wildman–Crippen LogP) is 2.32. The molecule has 0 spiro atoms. The summed E-state index contributed by atoms with van der Waals surface area (Å²) in [5.74, 6) is -0.679. The third-order valence-corrected chi connectivity index (χ3v) is 2.89. The molecule has 0 unspecified atom stereocenters. The van der Waals surface area contributed by atoms with Gasteiger partial charge in [-0.2, -0.15) is 0 Å². The van der Waals surface area contributed by atoms with Crippen molar-refractivity contribution in [2.45, 2.75) is 19.3 Å². The molecule has 0 amide bonds. The molecule has 1 aromatic carbocycles. The van der Waals surface area contributed by atoms with Crippen LogP contribution in [0.1, 0.15) is 29.8 Å². The average molecular weight is 208 g/mol. The van der Waals surface area contributed by atoms with Gasteiger partial charge in [0.1, 0.15) is 5.82 Å². The quantitative estimate of drug-likeness (QED) is 0.697. The van der Waals surface area contributed by atoms with E-state index in [1.165, 1.54) is 13.0 Å². The first kappa shape index (κ1) is 10.3. The summed E-state index contributed by atoms with van der Waals surface area (Å²) < 4.78 is 18.7. The van der Waals surface area contributed by atoms with Gasteiger partial charge in [0, 0.05) is 5.41 Å². The molecule has 0 saturated carbocycles. The van der Waals surface area contributed by atoms with Crippen LogP contribution in [0.3, 0.4) is 0 Å². The Kier molecular flexibility index (Phi) is 2.35. The van der Waals surface area contributed by atoms with Gasteiger partial charge >= 0.3 is 0 Å². The number of hydrogen-bond donors (Lipinski definition) is 0. The first-order valence-corrected chi connectivity index (χ1v) is 4.92. The van der Waals surface area contributed by atoms with Crippen LogP contribution in [0.25, 0.3) is 0 Å². The van der Waals surface area contributed by atoms with Crippen LogP contribution in [0.15, 0.2) is 18.2 Å². The summed E-state index contributed by atoms with van der Waals surface area (Å²) >= 11 is 0. The number of carbonyl (C=O) groups is 1. The number of ether oxygens (including phenoxy) is 1. The summed E-state index contributed by atoms with van der Waals surface area (Å²) in [5, 5.41) is 0. The lowest BCUT2D eigenvalue weighted by atomic mass is 9.80. The van der Waals surface area contributed by atoms with Crippen LogP contribution in [0.2, 0.25) is 0 Å². The van der Waals surface area contributed by atoms with Crippen LogP contribution in [-0.2, 0) is 10.2 Å². The molecule has 1 aliphatic heterocycles. The van der Waals surface area contributed by atoms with Crippen molar-refractivity contribution in [1.82, 2.24) is 0 Å². The standard InChI is InChI=1S/C12H13FO2/c1-8(14)10-4-3-9(5-11(10)13)12(2)6-15-7-12/h3-5H,6-7H2,1-2H3. The lowest BCUT2D eigenvalue weighted by Gasteiger charge is -2.38. The molecule has 1 heterocycles. The largest absolute Gasteiger partial charge is 0.379 e. The molecule has 0 aromatic heterocycles. The van der Waals surface area contributed by atoms with Gasteiger partial charge < -0.3 is 4.74 Å². The Morgan fingerprint density at radius 2 is 2.13 bits per heavy atom. The monoisotopic (exact) mass is 208 g/mol. The van der Waals surface area contributed by atoms with Gasteiger partial charge in [-0.1, -0.05) is 13.0 Å². The molecule has 0 bridgehead atoms. The van der Waals surface area contributed by atoms with E-state index in [1.54, 1.807) is 6.07 Å². The molecule has 1 saturated heterocycles. The van der Waals surface area contributed by atoms with Crippen LogP contribution < -0.4 is 0 Å². The maximum absolute atomic E-state index is 13.5. The van der Waals surface area contributed by atoms with Crippen LogP contribution in [-0.4, -0.2) is 19.0 Å². The predicted molar refractivity (Wildman–Crippen MR) is 54.6 cm³/mol. The molecule has 3 heteroatoms. The van der Waals surface area contributed by atoms with E-state index in [4.69, 9.17) is 4.74 Å². The normalized spacial score (nSPS) is 18.3. The smallest absolute Gasteiger partial charge is 0.162 e. The summed E-state index contributed by atoms with van der Waals surface area (Å²) in [6.45, 7) is 4.63. The first-order chi connectivity index (χ1) is 7.03. The maximum Gasteiger partial charge on any atom is 0.162 e. The lowest BCUT2D eigenvalue weighted by Crippen LogP contribution is -2.43. The summed E-state index contributed by atoms with van der Waals surface area (Å²) in [4.78, 5) is 11.0. The van der Waals surface area contributed by atoms with Gasteiger partial charge in [0.2, 0.25) is 0 Å². The molecule has 0 N–H and O–H groups in total. The number of halogens is 1. The minimum absolute atomic E-state index is 0.0871. The Balaban J connectivity index is 2.37. The SMILES string of the molecule is CC(=O)c1ccc(C2(C)COC2)cc1F. The highest BCUT2D eigenvalue weighted by Gasteiger charge is 2.35. The highest BCUT2D eigenvalue weighted by atomic mass is 19.1.